The van der Waals surface area contributed by atoms with Crippen molar-refractivity contribution in [2.45, 2.75) is 40.0 Å². The SMILES string of the molecule is Cc1oc(C)c(C(=O)NCCC(=O)N2CCCC2)c1C. The Morgan fingerprint density at radius 3 is 2.35 bits per heavy atom. The van der Waals surface area contributed by atoms with E-state index in [1.54, 1.807) is 6.92 Å². The lowest BCUT2D eigenvalue weighted by Crippen LogP contribution is -2.33. The van der Waals surface area contributed by atoms with Gasteiger partial charge in [0.15, 0.2) is 0 Å². The molecule has 110 valence electrons. The van der Waals surface area contributed by atoms with E-state index in [0.717, 1.165) is 37.3 Å². The van der Waals surface area contributed by atoms with Gasteiger partial charge < -0.3 is 14.6 Å². The lowest BCUT2D eigenvalue weighted by Gasteiger charge is -2.15. The molecule has 0 aromatic carbocycles. The first kappa shape index (κ1) is 14.6. The Morgan fingerprint density at radius 2 is 1.80 bits per heavy atom. The van der Waals surface area contributed by atoms with Crippen molar-refractivity contribution < 1.29 is 14.0 Å². The highest BCUT2D eigenvalue weighted by Gasteiger charge is 2.20. The van der Waals surface area contributed by atoms with Crippen LogP contribution < -0.4 is 5.32 Å². The third-order valence-electron chi connectivity index (χ3n) is 3.87. The molecule has 1 aliphatic heterocycles. The van der Waals surface area contributed by atoms with E-state index in [2.05, 4.69) is 5.32 Å². The van der Waals surface area contributed by atoms with Crippen LogP contribution in [0.3, 0.4) is 0 Å². The first-order valence-corrected chi connectivity index (χ1v) is 7.13. The molecule has 0 radical (unpaired) electrons. The first-order valence-electron chi connectivity index (χ1n) is 7.13. The van der Waals surface area contributed by atoms with Crippen molar-refractivity contribution in [3.8, 4) is 0 Å². The van der Waals surface area contributed by atoms with Crippen LogP contribution in [0.2, 0.25) is 0 Å². The Kier molecular flexibility index (Phi) is 4.47. The lowest BCUT2D eigenvalue weighted by atomic mass is 10.1. The second kappa shape index (κ2) is 6.11. The fourth-order valence-electron chi connectivity index (χ4n) is 2.62. The van der Waals surface area contributed by atoms with E-state index in [-0.39, 0.29) is 11.8 Å². The molecule has 1 fully saturated rings. The maximum atomic E-state index is 12.1. The molecule has 1 N–H and O–H groups in total. The summed E-state index contributed by atoms with van der Waals surface area (Å²) in [4.78, 5) is 25.8. The van der Waals surface area contributed by atoms with Crippen molar-refractivity contribution >= 4 is 11.8 Å². The molecule has 1 aromatic rings. The number of carbonyl (C=O) groups excluding carboxylic acids is 2. The highest BCUT2D eigenvalue weighted by molar-refractivity contribution is 5.97. The number of nitrogens with zero attached hydrogens (tertiary/aromatic N) is 1. The summed E-state index contributed by atoms with van der Waals surface area (Å²) in [5.74, 6) is 1.36. The summed E-state index contributed by atoms with van der Waals surface area (Å²) in [6.07, 6.45) is 2.54. The van der Waals surface area contributed by atoms with Crippen LogP contribution in [-0.2, 0) is 4.79 Å². The second-order valence-electron chi connectivity index (χ2n) is 5.31. The van der Waals surface area contributed by atoms with Gasteiger partial charge in [-0.3, -0.25) is 9.59 Å². The van der Waals surface area contributed by atoms with Crippen LogP contribution in [0.15, 0.2) is 4.42 Å². The van der Waals surface area contributed by atoms with E-state index in [0.29, 0.717) is 24.3 Å². The van der Waals surface area contributed by atoms with Crippen LogP contribution in [0, 0.1) is 20.8 Å². The Labute approximate surface area is 119 Å². The van der Waals surface area contributed by atoms with E-state index < -0.39 is 0 Å². The summed E-state index contributed by atoms with van der Waals surface area (Å²) in [6.45, 7) is 7.57. The van der Waals surface area contributed by atoms with Crippen LogP contribution in [0.4, 0.5) is 0 Å². The third-order valence-corrected chi connectivity index (χ3v) is 3.87. The molecule has 5 nitrogen and oxygen atoms in total. The van der Waals surface area contributed by atoms with Crippen LogP contribution >= 0.6 is 0 Å². The molecule has 2 rings (SSSR count). The van der Waals surface area contributed by atoms with Gasteiger partial charge in [-0.1, -0.05) is 0 Å². The zero-order valence-corrected chi connectivity index (χ0v) is 12.4. The van der Waals surface area contributed by atoms with E-state index in [9.17, 15) is 9.59 Å². The Balaban J connectivity index is 1.84. The molecule has 0 bridgehead atoms. The number of hydrogen-bond acceptors (Lipinski definition) is 3. The molecule has 1 aliphatic rings. The van der Waals surface area contributed by atoms with Gasteiger partial charge in [0.1, 0.15) is 11.5 Å². The number of amides is 2. The second-order valence-corrected chi connectivity index (χ2v) is 5.31. The summed E-state index contributed by atoms with van der Waals surface area (Å²) in [5, 5.41) is 2.80. The Bertz CT molecular complexity index is 513. The smallest absolute Gasteiger partial charge is 0.255 e. The predicted molar refractivity (Wildman–Crippen MR) is 75.7 cm³/mol. The quantitative estimate of drug-likeness (QED) is 0.915. The lowest BCUT2D eigenvalue weighted by molar-refractivity contribution is -0.129. The Hall–Kier alpha value is -1.78. The van der Waals surface area contributed by atoms with Crippen molar-refractivity contribution in [1.29, 1.82) is 0 Å². The molecule has 0 saturated carbocycles. The van der Waals surface area contributed by atoms with Gasteiger partial charge in [0, 0.05) is 31.6 Å². The van der Waals surface area contributed by atoms with Crippen molar-refractivity contribution in [2.75, 3.05) is 19.6 Å². The number of nitrogens with one attached hydrogen (secondary N) is 1. The maximum absolute atomic E-state index is 12.1. The van der Waals surface area contributed by atoms with Crippen LogP contribution in [0.1, 0.15) is 46.7 Å². The number of rotatable bonds is 4. The molecule has 0 aliphatic carbocycles. The zero-order valence-electron chi connectivity index (χ0n) is 12.4. The summed E-state index contributed by atoms with van der Waals surface area (Å²) in [6, 6.07) is 0. The molecule has 2 heterocycles. The number of aryl methyl sites for hydroxylation is 2. The van der Waals surface area contributed by atoms with Gasteiger partial charge >= 0.3 is 0 Å². The van der Waals surface area contributed by atoms with Crippen molar-refractivity contribution in [1.82, 2.24) is 10.2 Å². The first-order chi connectivity index (χ1) is 9.50. The minimum Gasteiger partial charge on any atom is -0.466 e. The van der Waals surface area contributed by atoms with Crippen molar-refractivity contribution in [2.24, 2.45) is 0 Å². The van der Waals surface area contributed by atoms with Crippen molar-refractivity contribution in [3.05, 3.63) is 22.6 Å². The van der Waals surface area contributed by atoms with Gasteiger partial charge in [0.05, 0.1) is 5.56 Å². The van der Waals surface area contributed by atoms with Gasteiger partial charge in [0.2, 0.25) is 5.91 Å². The third kappa shape index (κ3) is 3.03. The standard InChI is InChI=1S/C15H22N2O3/c1-10-11(2)20-12(3)14(10)15(19)16-7-6-13(18)17-8-4-5-9-17/h4-9H2,1-3H3,(H,16,19). The topological polar surface area (TPSA) is 62.6 Å². The molecular weight excluding hydrogens is 256 g/mol. The molecule has 20 heavy (non-hydrogen) atoms. The molecular formula is C15H22N2O3. The van der Waals surface area contributed by atoms with Gasteiger partial charge in [-0.2, -0.15) is 0 Å². The molecule has 1 saturated heterocycles. The van der Waals surface area contributed by atoms with E-state index in [4.69, 9.17) is 4.42 Å². The normalized spacial score (nSPS) is 14.7. The molecule has 0 unspecified atom stereocenters. The molecule has 0 atom stereocenters. The van der Waals surface area contributed by atoms with E-state index in [1.165, 1.54) is 0 Å². The predicted octanol–water partition coefficient (Wildman–Crippen LogP) is 1.95. The van der Waals surface area contributed by atoms with Crippen molar-refractivity contribution in [3.63, 3.8) is 0 Å². The fraction of sp³-hybridized carbons (Fsp3) is 0.600. The van der Waals surface area contributed by atoms with Crippen LogP contribution in [-0.4, -0.2) is 36.3 Å². The highest BCUT2D eigenvalue weighted by Crippen LogP contribution is 2.20. The van der Waals surface area contributed by atoms with Gasteiger partial charge in [-0.05, 0) is 33.6 Å². The summed E-state index contributed by atoms with van der Waals surface area (Å²) in [7, 11) is 0. The van der Waals surface area contributed by atoms with Gasteiger partial charge in [0.25, 0.3) is 5.91 Å². The van der Waals surface area contributed by atoms with Crippen LogP contribution in [0.5, 0.6) is 0 Å². The number of hydrogen-bond donors (Lipinski definition) is 1. The summed E-state index contributed by atoms with van der Waals surface area (Å²) < 4.78 is 5.44. The van der Waals surface area contributed by atoms with Crippen LogP contribution in [0.25, 0.3) is 0 Å². The maximum Gasteiger partial charge on any atom is 0.255 e. The van der Waals surface area contributed by atoms with E-state index in [1.807, 2.05) is 18.7 Å². The monoisotopic (exact) mass is 278 g/mol. The largest absolute Gasteiger partial charge is 0.466 e. The molecule has 2 amide bonds. The number of furan rings is 1. The average molecular weight is 278 g/mol. The summed E-state index contributed by atoms with van der Waals surface area (Å²) >= 11 is 0. The fourth-order valence-corrected chi connectivity index (χ4v) is 2.62. The summed E-state index contributed by atoms with van der Waals surface area (Å²) in [5.41, 5.74) is 1.46. The molecule has 5 heteroatoms. The molecule has 1 aromatic heterocycles. The number of likely N-dealkylation sites (tertiary alicyclic amines) is 1. The molecule has 0 spiro atoms. The highest BCUT2D eigenvalue weighted by atomic mass is 16.3. The van der Waals surface area contributed by atoms with Gasteiger partial charge in [-0.25, -0.2) is 0 Å². The minimum atomic E-state index is -0.161. The van der Waals surface area contributed by atoms with Gasteiger partial charge in [-0.15, -0.1) is 0 Å². The van der Waals surface area contributed by atoms with E-state index >= 15 is 0 Å². The zero-order chi connectivity index (χ0) is 14.7. The average Bonchev–Trinajstić information content (AvgIpc) is 2.99. The Morgan fingerprint density at radius 1 is 1.15 bits per heavy atom. The number of carbonyl (C=O) groups is 2. The minimum absolute atomic E-state index is 0.125.